The van der Waals surface area contributed by atoms with Crippen LogP contribution in [0, 0.1) is 13.8 Å². The summed E-state index contributed by atoms with van der Waals surface area (Å²) in [6.45, 7) is 3.66. The van der Waals surface area contributed by atoms with Crippen molar-refractivity contribution in [3.8, 4) is 5.69 Å². The Bertz CT molecular complexity index is 959. The fraction of sp³-hybridized carbons (Fsp3) is 0.118. The lowest BCUT2D eigenvalue weighted by atomic mass is 10.2. The molecule has 128 valence electrons. The van der Waals surface area contributed by atoms with Crippen LogP contribution in [0.5, 0.6) is 0 Å². The highest BCUT2D eigenvalue weighted by molar-refractivity contribution is 6.32. The molecule has 2 aromatic rings. The number of hydrogen-bond acceptors (Lipinski definition) is 3. The Kier molecular flexibility index (Phi) is 4.10. The molecule has 0 atom stereocenters. The zero-order valence-electron chi connectivity index (χ0n) is 13.4. The monoisotopic (exact) mass is 359 g/mol. The summed E-state index contributed by atoms with van der Waals surface area (Å²) in [5, 5.41) is 14.2. The van der Waals surface area contributed by atoms with Crippen molar-refractivity contribution in [2.24, 2.45) is 0 Å². The van der Waals surface area contributed by atoms with Gasteiger partial charge in [-0.2, -0.15) is 0 Å². The molecule has 1 aliphatic rings. The molecule has 0 spiro atoms. The number of hydrogen-bond donors (Lipinski definition) is 3. The van der Waals surface area contributed by atoms with Gasteiger partial charge in [0.2, 0.25) is 0 Å². The highest BCUT2D eigenvalue weighted by Gasteiger charge is 2.24. The highest BCUT2D eigenvalue weighted by atomic mass is 35.5. The minimum atomic E-state index is -1.05. The number of nitrogens with one attached hydrogen (secondary N) is 2. The van der Waals surface area contributed by atoms with Gasteiger partial charge in [-0.1, -0.05) is 11.6 Å². The Hall–Kier alpha value is -3.06. The molecule has 3 amide bonds. The zero-order chi connectivity index (χ0) is 18.3. The third kappa shape index (κ3) is 3.01. The van der Waals surface area contributed by atoms with Gasteiger partial charge in [0.1, 0.15) is 5.70 Å². The van der Waals surface area contributed by atoms with Gasteiger partial charge < -0.3 is 15.0 Å². The lowest BCUT2D eigenvalue weighted by Gasteiger charge is -2.12. The number of aromatic nitrogens is 1. The minimum absolute atomic E-state index is 0.120. The molecule has 25 heavy (non-hydrogen) atoms. The topological polar surface area (TPSA) is 100 Å². The van der Waals surface area contributed by atoms with E-state index in [-0.39, 0.29) is 11.3 Å². The number of amides is 3. The summed E-state index contributed by atoms with van der Waals surface area (Å²) in [6, 6.07) is 5.71. The number of carboxylic acid groups (broad SMARTS) is 1. The number of halogens is 1. The molecule has 1 aromatic carbocycles. The smallest absolute Gasteiger partial charge is 0.335 e. The number of aromatic carboxylic acids is 1. The van der Waals surface area contributed by atoms with Crippen molar-refractivity contribution < 1.29 is 19.5 Å². The number of rotatable bonds is 3. The van der Waals surface area contributed by atoms with Crippen molar-refractivity contribution in [3.63, 3.8) is 0 Å². The van der Waals surface area contributed by atoms with Crippen LogP contribution in [-0.2, 0) is 4.79 Å². The van der Waals surface area contributed by atoms with Crippen molar-refractivity contribution in [1.82, 2.24) is 15.2 Å². The first-order valence-corrected chi connectivity index (χ1v) is 7.72. The summed E-state index contributed by atoms with van der Waals surface area (Å²) in [7, 11) is 0. The largest absolute Gasteiger partial charge is 0.478 e. The van der Waals surface area contributed by atoms with Crippen LogP contribution in [-0.4, -0.2) is 27.6 Å². The van der Waals surface area contributed by atoms with E-state index in [1.54, 1.807) is 10.6 Å². The van der Waals surface area contributed by atoms with Gasteiger partial charge in [0.25, 0.3) is 5.91 Å². The molecule has 0 bridgehead atoms. The van der Waals surface area contributed by atoms with Crippen molar-refractivity contribution in [2.45, 2.75) is 13.8 Å². The van der Waals surface area contributed by atoms with Crippen LogP contribution in [0.2, 0.25) is 5.02 Å². The Morgan fingerprint density at radius 3 is 2.52 bits per heavy atom. The first-order chi connectivity index (χ1) is 11.8. The van der Waals surface area contributed by atoms with Gasteiger partial charge in [0.05, 0.1) is 16.3 Å². The number of carbonyl (C=O) groups excluding carboxylic acids is 2. The van der Waals surface area contributed by atoms with Gasteiger partial charge in [-0.15, -0.1) is 0 Å². The quantitative estimate of drug-likeness (QED) is 0.579. The second-order valence-corrected chi connectivity index (χ2v) is 6.01. The van der Waals surface area contributed by atoms with Gasteiger partial charge in [-0.05, 0) is 49.8 Å². The molecule has 1 saturated heterocycles. The van der Waals surface area contributed by atoms with Crippen LogP contribution < -0.4 is 10.6 Å². The molecule has 0 unspecified atom stereocenters. The first kappa shape index (κ1) is 16.8. The summed E-state index contributed by atoms with van der Waals surface area (Å²) in [6.07, 6.45) is 1.56. The van der Waals surface area contributed by atoms with Gasteiger partial charge in [-0.25, -0.2) is 9.59 Å². The molecule has 1 aromatic heterocycles. The maximum absolute atomic E-state index is 11.7. The Balaban J connectivity index is 2.11. The summed E-state index contributed by atoms with van der Waals surface area (Å²) >= 11 is 6.25. The Morgan fingerprint density at radius 2 is 1.92 bits per heavy atom. The molecule has 8 heteroatoms. The van der Waals surface area contributed by atoms with E-state index in [4.69, 9.17) is 11.6 Å². The third-order valence-corrected chi connectivity index (χ3v) is 4.24. The molecule has 0 radical (unpaired) electrons. The third-order valence-electron chi connectivity index (χ3n) is 3.92. The number of carboxylic acids is 1. The maximum atomic E-state index is 11.7. The van der Waals surface area contributed by atoms with Crippen molar-refractivity contribution >= 4 is 35.6 Å². The van der Waals surface area contributed by atoms with Crippen LogP contribution in [0.1, 0.15) is 27.3 Å². The molecule has 3 N–H and O–H groups in total. The molecule has 0 aliphatic carbocycles. The van der Waals surface area contributed by atoms with Crippen molar-refractivity contribution in [2.75, 3.05) is 0 Å². The fourth-order valence-corrected chi connectivity index (χ4v) is 2.96. The number of nitrogens with zero attached hydrogens (tertiary/aromatic N) is 1. The van der Waals surface area contributed by atoms with Crippen molar-refractivity contribution in [3.05, 3.63) is 57.5 Å². The summed E-state index contributed by atoms with van der Waals surface area (Å²) in [4.78, 5) is 34.1. The van der Waals surface area contributed by atoms with Gasteiger partial charge in [0, 0.05) is 11.4 Å². The van der Waals surface area contributed by atoms with E-state index < -0.39 is 17.9 Å². The van der Waals surface area contributed by atoms with Gasteiger partial charge in [0.15, 0.2) is 0 Å². The summed E-state index contributed by atoms with van der Waals surface area (Å²) < 4.78 is 1.80. The fourth-order valence-electron chi connectivity index (χ4n) is 2.76. The van der Waals surface area contributed by atoms with E-state index in [9.17, 15) is 19.5 Å². The van der Waals surface area contributed by atoms with Crippen LogP contribution in [0.25, 0.3) is 11.8 Å². The normalized spacial score (nSPS) is 15.4. The van der Waals surface area contributed by atoms with Crippen LogP contribution >= 0.6 is 11.6 Å². The van der Waals surface area contributed by atoms with Crippen molar-refractivity contribution in [1.29, 1.82) is 0 Å². The number of imide groups is 1. The number of benzene rings is 1. The summed E-state index contributed by atoms with van der Waals surface area (Å²) in [5.74, 6) is -1.55. The molecular weight excluding hydrogens is 346 g/mol. The number of carbonyl (C=O) groups is 3. The maximum Gasteiger partial charge on any atom is 0.335 e. The van der Waals surface area contributed by atoms with E-state index >= 15 is 0 Å². The lowest BCUT2D eigenvalue weighted by Crippen LogP contribution is -2.22. The predicted octanol–water partition coefficient (Wildman–Crippen LogP) is 2.63. The lowest BCUT2D eigenvalue weighted by molar-refractivity contribution is -0.115. The van der Waals surface area contributed by atoms with Gasteiger partial charge >= 0.3 is 12.0 Å². The SMILES string of the molecule is Cc1cc(/C=C2\NC(=O)NC2=O)c(C)n1-c1cc(C(=O)O)ccc1Cl. The standard InChI is InChI=1S/C17H14ClN3O4/c1-8-5-11(6-13-15(22)20-17(25)19-13)9(2)21(8)14-7-10(16(23)24)3-4-12(14)18/h3-7H,1-2H3,(H,23,24)(H2,19,20,22,25)/b13-6-. The molecule has 1 aliphatic heterocycles. The summed E-state index contributed by atoms with van der Waals surface area (Å²) in [5.41, 5.74) is 3.06. The molecular formula is C17H14ClN3O4. The first-order valence-electron chi connectivity index (χ1n) is 7.34. The second-order valence-electron chi connectivity index (χ2n) is 5.60. The molecule has 1 fully saturated rings. The molecule has 0 saturated carbocycles. The van der Waals surface area contributed by atoms with Crippen LogP contribution in [0.15, 0.2) is 30.0 Å². The van der Waals surface area contributed by atoms with Gasteiger partial charge in [-0.3, -0.25) is 10.1 Å². The Labute approximate surface area is 147 Å². The van der Waals surface area contributed by atoms with E-state index in [2.05, 4.69) is 10.6 Å². The number of aryl methyl sites for hydroxylation is 1. The average molecular weight is 360 g/mol. The highest BCUT2D eigenvalue weighted by Crippen LogP contribution is 2.28. The van der Waals surface area contributed by atoms with E-state index in [0.717, 1.165) is 11.4 Å². The van der Waals surface area contributed by atoms with Crippen LogP contribution in [0.4, 0.5) is 4.79 Å². The average Bonchev–Trinajstić information content (AvgIpc) is 2.99. The minimum Gasteiger partial charge on any atom is -0.478 e. The van der Waals surface area contributed by atoms with E-state index in [1.165, 1.54) is 18.2 Å². The number of urea groups is 1. The predicted molar refractivity (Wildman–Crippen MR) is 91.9 cm³/mol. The molecule has 3 rings (SSSR count). The zero-order valence-corrected chi connectivity index (χ0v) is 14.1. The second kappa shape index (κ2) is 6.10. The Morgan fingerprint density at radius 1 is 1.20 bits per heavy atom. The van der Waals surface area contributed by atoms with E-state index in [1.807, 2.05) is 19.9 Å². The van der Waals surface area contributed by atoms with Crippen LogP contribution in [0.3, 0.4) is 0 Å². The molecule has 7 nitrogen and oxygen atoms in total. The van der Waals surface area contributed by atoms with E-state index in [0.29, 0.717) is 16.3 Å². The molecule has 2 heterocycles.